The Balaban J connectivity index is 3.31. The molecule has 184 valence electrons. The molecule has 0 aliphatic carbocycles. The van der Waals surface area contributed by atoms with Crippen molar-refractivity contribution in [2.24, 2.45) is 0 Å². The molecule has 1 aromatic carbocycles. The van der Waals surface area contributed by atoms with E-state index in [4.69, 9.17) is 0 Å². The van der Waals surface area contributed by atoms with E-state index in [0.29, 0.717) is 12.0 Å². The molecule has 0 radical (unpaired) electrons. The topological polar surface area (TPSA) is 29.1 Å². The van der Waals surface area contributed by atoms with E-state index in [-0.39, 0.29) is 5.92 Å². The van der Waals surface area contributed by atoms with E-state index in [1.807, 2.05) is 0 Å². The minimum atomic E-state index is -8.05. The highest BCUT2D eigenvalue weighted by atomic mass is 19.4. The Hall–Kier alpha value is -2.22. The van der Waals surface area contributed by atoms with Gasteiger partial charge in [0.15, 0.2) is 0 Å². The number of halogens is 13. The van der Waals surface area contributed by atoms with Gasteiger partial charge in [-0.25, -0.2) is 0 Å². The lowest BCUT2D eigenvalue weighted by atomic mass is 9.93. The van der Waals surface area contributed by atoms with Gasteiger partial charge in [0.25, 0.3) is 0 Å². The number of benzene rings is 1. The summed E-state index contributed by atoms with van der Waals surface area (Å²) in [5.41, 5.74) is -0.128. The molecule has 0 aliphatic rings. The van der Waals surface area contributed by atoms with Crippen LogP contribution >= 0.6 is 0 Å². The molecule has 0 heterocycles. The molecule has 0 saturated heterocycles. The van der Waals surface area contributed by atoms with Crippen LogP contribution in [0.3, 0.4) is 0 Å². The summed E-state index contributed by atoms with van der Waals surface area (Å²) in [5.74, 6) is -41.8. The first-order valence-electron chi connectivity index (χ1n) is 8.46. The molecule has 0 saturated carbocycles. The van der Waals surface area contributed by atoms with Crippen LogP contribution in [0.15, 0.2) is 24.3 Å². The van der Waals surface area contributed by atoms with Crippen molar-refractivity contribution in [3.05, 3.63) is 29.8 Å². The number of hydrogen-bond donors (Lipinski definition) is 1. The lowest BCUT2D eigenvalue weighted by molar-refractivity contribution is -0.435. The van der Waals surface area contributed by atoms with E-state index in [1.54, 1.807) is 13.8 Å². The summed E-state index contributed by atoms with van der Waals surface area (Å²) in [7, 11) is 0. The van der Waals surface area contributed by atoms with Crippen LogP contribution in [0.2, 0.25) is 0 Å². The molecule has 0 aromatic heterocycles. The fourth-order valence-corrected chi connectivity index (χ4v) is 2.25. The van der Waals surface area contributed by atoms with Crippen molar-refractivity contribution in [3.63, 3.8) is 0 Å². The molecule has 1 amide bonds. The Morgan fingerprint density at radius 2 is 1.16 bits per heavy atom. The number of nitrogens with one attached hydrogen (secondary N) is 1. The lowest BCUT2D eigenvalue weighted by Crippen LogP contribution is -2.71. The summed E-state index contributed by atoms with van der Waals surface area (Å²) in [6.45, 7) is 3.49. The third-order valence-electron chi connectivity index (χ3n) is 4.57. The second kappa shape index (κ2) is 8.28. The molecule has 1 N–H and O–H groups in total. The molecule has 0 fully saturated rings. The van der Waals surface area contributed by atoms with Gasteiger partial charge in [0.1, 0.15) is 0 Å². The van der Waals surface area contributed by atoms with Crippen LogP contribution in [0.25, 0.3) is 0 Å². The monoisotopic (exact) mass is 495 g/mol. The van der Waals surface area contributed by atoms with Crippen LogP contribution in [0.5, 0.6) is 0 Å². The maximum Gasteiger partial charge on any atom is 0.460 e. The second-order valence-electron chi connectivity index (χ2n) is 6.76. The highest BCUT2D eigenvalue weighted by Gasteiger charge is 2.91. The van der Waals surface area contributed by atoms with Gasteiger partial charge in [-0.1, -0.05) is 26.0 Å². The van der Waals surface area contributed by atoms with E-state index in [2.05, 4.69) is 0 Å². The van der Waals surface area contributed by atoms with Crippen molar-refractivity contribution in [1.82, 2.24) is 0 Å². The van der Waals surface area contributed by atoms with Gasteiger partial charge in [0.2, 0.25) is 0 Å². The number of hydrogen-bond acceptors (Lipinski definition) is 1. The van der Waals surface area contributed by atoms with Crippen molar-refractivity contribution < 1.29 is 61.9 Å². The Labute approximate surface area is 171 Å². The fourth-order valence-electron chi connectivity index (χ4n) is 2.25. The fraction of sp³-hybridized carbons (Fsp3) is 0.588. The molecule has 15 heteroatoms. The van der Waals surface area contributed by atoms with Gasteiger partial charge >= 0.3 is 41.7 Å². The SMILES string of the molecule is CCC(C)c1ccc(NC(=O)C(F)(F)C(F)(F)C(F)(F)C(F)(F)C(F)(F)C(F)(F)F)cc1. The molecule has 1 aromatic rings. The largest absolute Gasteiger partial charge is 0.460 e. The van der Waals surface area contributed by atoms with Gasteiger partial charge in [0.05, 0.1) is 0 Å². The van der Waals surface area contributed by atoms with Crippen LogP contribution in [0.1, 0.15) is 31.7 Å². The van der Waals surface area contributed by atoms with E-state index < -0.39 is 47.4 Å². The Kier molecular flexibility index (Phi) is 7.20. The van der Waals surface area contributed by atoms with E-state index >= 15 is 0 Å². The molecule has 0 spiro atoms. The zero-order chi connectivity index (χ0) is 25.6. The quantitative estimate of drug-likeness (QED) is 0.392. The third kappa shape index (κ3) is 4.21. The number of anilines is 1. The Morgan fingerprint density at radius 1 is 0.750 bits per heavy atom. The van der Waals surface area contributed by atoms with Crippen LogP contribution < -0.4 is 5.32 Å². The van der Waals surface area contributed by atoms with E-state index in [1.165, 1.54) is 12.1 Å². The third-order valence-corrected chi connectivity index (χ3v) is 4.57. The normalized spacial score (nSPS) is 15.5. The molecule has 32 heavy (non-hydrogen) atoms. The van der Waals surface area contributed by atoms with Crippen molar-refractivity contribution in [2.75, 3.05) is 5.32 Å². The summed E-state index contributed by atoms with van der Waals surface area (Å²) in [6.07, 6.45) is -6.91. The first-order chi connectivity index (χ1) is 14.1. The minimum absolute atomic E-state index is 0.0817. The van der Waals surface area contributed by atoms with Gasteiger partial charge in [-0.05, 0) is 30.0 Å². The average Bonchev–Trinajstić information content (AvgIpc) is 2.66. The zero-order valence-corrected chi connectivity index (χ0v) is 15.9. The highest BCUT2D eigenvalue weighted by molar-refractivity contribution is 5.97. The van der Waals surface area contributed by atoms with Crippen LogP contribution in [0, 0.1) is 0 Å². The molecule has 0 bridgehead atoms. The van der Waals surface area contributed by atoms with Crippen LogP contribution in [-0.2, 0) is 4.79 Å². The van der Waals surface area contributed by atoms with E-state index in [0.717, 1.165) is 17.4 Å². The van der Waals surface area contributed by atoms with Crippen molar-refractivity contribution in [2.45, 2.75) is 62.0 Å². The van der Waals surface area contributed by atoms with Gasteiger partial charge in [-0.3, -0.25) is 4.79 Å². The smallest absolute Gasteiger partial charge is 0.321 e. The standard InChI is InChI=1S/C17H14F13NO/c1-3-8(2)9-4-6-10(7-5-9)31-11(32)12(18,19)13(20,21)14(22,23)15(24,25)16(26,27)17(28,29)30/h4-8H,3H2,1-2H3,(H,31,32). The van der Waals surface area contributed by atoms with E-state index in [9.17, 15) is 61.9 Å². The first-order valence-corrected chi connectivity index (χ1v) is 8.46. The van der Waals surface area contributed by atoms with Gasteiger partial charge < -0.3 is 5.32 Å². The summed E-state index contributed by atoms with van der Waals surface area (Å²) in [6, 6.07) is 4.15. The van der Waals surface area contributed by atoms with Crippen molar-refractivity contribution in [1.29, 1.82) is 0 Å². The Bertz CT molecular complexity index is 815. The Morgan fingerprint density at radius 3 is 1.53 bits per heavy atom. The molecule has 1 rings (SSSR count). The number of alkyl halides is 13. The number of amides is 1. The van der Waals surface area contributed by atoms with Gasteiger partial charge in [0, 0.05) is 5.69 Å². The molecule has 0 aliphatic heterocycles. The summed E-state index contributed by atoms with van der Waals surface area (Å²) in [4.78, 5) is 11.4. The highest BCUT2D eigenvalue weighted by Crippen LogP contribution is 2.60. The maximum atomic E-state index is 13.8. The lowest BCUT2D eigenvalue weighted by Gasteiger charge is -2.39. The average molecular weight is 495 g/mol. The van der Waals surface area contributed by atoms with Crippen molar-refractivity contribution >= 4 is 11.6 Å². The summed E-state index contributed by atoms with van der Waals surface area (Å²) in [5, 5.41) is 1.01. The summed E-state index contributed by atoms with van der Waals surface area (Å²) >= 11 is 0. The zero-order valence-electron chi connectivity index (χ0n) is 15.9. The number of carbonyl (C=O) groups excluding carboxylic acids is 1. The molecule has 2 nitrogen and oxygen atoms in total. The predicted molar refractivity (Wildman–Crippen MR) is 84.6 cm³/mol. The number of rotatable bonds is 8. The minimum Gasteiger partial charge on any atom is -0.321 e. The van der Waals surface area contributed by atoms with Crippen molar-refractivity contribution in [3.8, 4) is 0 Å². The maximum absolute atomic E-state index is 13.8. The molecular weight excluding hydrogens is 481 g/mol. The predicted octanol–water partition coefficient (Wildman–Crippen LogP) is 6.88. The number of carbonyl (C=O) groups is 1. The molecule has 1 unspecified atom stereocenters. The second-order valence-corrected chi connectivity index (χ2v) is 6.76. The first kappa shape index (κ1) is 27.8. The van der Waals surface area contributed by atoms with Crippen LogP contribution in [-0.4, -0.2) is 41.7 Å². The van der Waals surface area contributed by atoms with Gasteiger partial charge in [-0.2, -0.15) is 57.1 Å². The molecular formula is C17H14F13NO. The van der Waals surface area contributed by atoms with Crippen LogP contribution in [0.4, 0.5) is 62.8 Å². The summed E-state index contributed by atoms with van der Waals surface area (Å²) < 4.78 is 170. The van der Waals surface area contributed by atoms with Gasteiger partial charge in [-0.15, -0.1) is 0 Å². The molecule has 1 atom stereocenters.